The van der Waals surface area contributed by atoms with Gasteiger partial charge in [0.2, 0.25) is 0 Å². The summed E-state index contributed by atoms with van der Waals surface area (Å²) < 4.78 is 0. The molecule has 0 saturated carbocycles. The fourth-order valence-corrected chi connectivity index (χ4v) is 3.50. The van der Waals surface area contributed by atoms with E-state index in [9.17, 15) is 0 Å². The Morgan fingerprint density at radius 1 is 1.56 bits per heavy atom. The van der Waals surface area contributed by atoms with Gasteiger partial charge in [-0.15, -0.1) is 11.3 Å². The van der Waals surface area contributed by atoms with Crippen LogP contribution in [0.5, 0.6) is 0 Å². The SMILES string of the molecule is Cc1csc(CN=C2NC(C)(C)CCS2)n1. The number of nitrogens with zero attached hydrogens (tertiary/aromatic N) is 2. The molecule has 0 unspecified atom stereocenters. The van der Waals surface area contributed by atoms with Gasteiger partial charge in [0.05, 0.1) is 6.54 Å². The van der Waals surface area contributed by atoms with Gasteiger partial charge in [0.1, 0.15) is 5.01 Å². The number of aromatic nitrogens is 1. The number of thiazole rings is 1. The average Bonchev–Trinajstić information content (AvgIpc) is 2.60. The third-order valence-electron chi connectivity index (χ3n) is 2.44. The van der Waals surface area contributed by atoms with E-state index < -0.39 is 0 Å². The molecule has 0 atom stereocenters. The smallest absolute Gasteiger partial charge is 0.157 e. The first-order chi connectivity index (χ1) is 7.55. The molecule has 88 valence electrons. The molecule has 0 spiro atoms. The van der Waals surface area contributed by atoms with Crippen LogP contribution in [0.1, 0.15) is 31.0 Å². The van der Waals surface area contributed by atoms with Crippen molar-refractivity contribution in [1.82, 2.24) is 10.3 Å². The number of hydrogen-bond acceptors (Lipinski definition) is 4. The maximum absolute atomic E-state index is 4.58. The summed E-state index contributed by atoms with van der Waals surface area (Å²) >= 11 is 3.49. The van der Waals surface area contributed by atoms with E-state index in [0.717, 1.165) is 21.6 Å². The molecular weight excluding hydrogens is 238 g/mol. The second kappa shape index (κ2) is 4.75. The van der Waals surface area contributed by atoms with Crippen molar-refractivity contribution in [3.8, 4) is 0 Å². The Bertz CT molecular complexity index is 396. The molecule has 16 heavy (non-hydrogen) atoms. The van der Waals surface area contributed by atoms with E-state index in [2.05, 4.69) is 34.5 Å². The Morgan fingerprint density at radius 2 is 2.38 bits per heavy atom. The van der Waals surface area contributed by atoms with Crippen molar-refractivity contribution in [2.45, 2.75) is 39.3 Å². The predicted molar refractivity (Wildman–Crippen MR) is 72.3 cm³/mol. The predicted octanol–water partition coefficient (Wildman–Crippen LogP) is 2.81. The van der Waals surface area contributed by atoms with Crippen molar-refractivity contribution in [2.24, 2.45) is 4.99 Å². The van der Waals surface area contributed by atoms with Crippen LogP contribution in [0, 0.1) is 6.92 Å². The van der Waals surface area contributed by atoms with Crippen LogP contribution in [0.25, 0.3) is 0 Å². The van der Waals surface area contributed by atoms with Crippen molar-refractivity contribution < 1.29 is 0 Å². The van der Waals surface area contributed by atoms with Crippen LogP contribution in [0.4, 0.5) is 0 Å². The normalized spacial score (nSPS) is 22.1. The molecule has 0 aromatic carbocycles. The fraction of sp³-hybridized carbons (Fsp3) is 0.636. The summed E-state index contributed by atoms with van der Waals surface area (Å²) in [6.07, 6.45) is 1.19. The van der Waals surface area contributed by atoms with Crippen LogP contribution < -0.4 is 5.32 Å². The zero-order valence-corrected chi connectivity index (χ0v) is 11.5. The first kappa shape index (κ1) is 11.9. The third kappa shape index (κ3) is 3.22. The molecule has 2 heterocycles. The molecule has 1 saturated heterocycles. The molecule has 5 heteroatoms. The van der Waals surface area contributed by atoms with Crippen molar-refractivity contribution in [3.05, 3.63) is 16.1 Å². The minimum atomic E-state index is 0.183. The summed E-state index contributed by atoms with van der Waals surface area (Å²) in [5.74, 6) is 1.15. The molecular formula is C11H17N3S2. The Morgan fingerprint density at radius 3 is 3.00 bits per heavy atom. The number of aryl methyl sites for hydroxylation is 1. The maximum atomic E-state index is 4.58. The van der Waals surface area contributed by atoms with Gasteiger partial charge in [-0.05, 0) is 27.2 Å². The molecule has 1 aliphatic heterocycles. The summed E-state index contributed by atoms with van der Waals surface area (Å²) in [4.78, 5) is 8.98. The standard InChI is InChI=1S/C11H17N3S2/c1-8-7-16-9(13-8)6-12-10-14-11(2,3)4-5-15-10/h7H,4-6H2,1-3H3,(H,12,14). The molecule has 0 amide bonds. The molecule has 0 radical (unpaired) electrons. The van der Waals surface area contributed by atoms with Gasteiger partial charge in [-0.25, -0.2) is 4.98 Å². The molecule has 0 bridgehead atoms. The third-order valence-corrected chi connectivity index (χ3v) is 4.30. The van der Waals surface area contributed by atoms with Gasteiger partial charge in [0, 0.05) is 22.4 Å². The number of nitrogens with one attached hydrogen (secondary N) is 1. The highest BCUT2D eigenvalue weighted by molar-refractivity contribution is 8.13. The van der Waals surface area contributed by atoms with Gasteiger partial charge in [0.25, 0.3) is 0 Å². The molecule has 1 aromatic heterocycles. The van der Waals surface area contributed by atoms with Crippen LogP contribution in [-0.2, 0) is 6.54 Å². The maximum Gasteiger partial charge on any atom is 0.157 e. The van der Waals surface area contributed by atoms with E-state index >= 15 is 0 Å². The summed E-state index contributed by atoms with van der Waals surface area (Å²) in [7, 11) is 0. The number of amidine groups is 1. The highest BCUT2D eigenvalue weighted by Crippen LogP contribution is 2.22. The first-order valence-electron chi connectivity index (χ1n) is 5.42. The van der Waals surface area contributed by atoms with Crippen molar-refractivity contribution >= 4 is 28.3 Å². The summed E-state index contributed by atoms with van der Waals surface area (Å²) in [5, 5.41) is 7.68. The highest BCUT2D eigenvalue weighted by Gasteiger charge is 2.23. The van der Waals surface area contributed by atoms with Gasteiger partial charge in [-0.3, -0.25) is 4.99 Å². The van der Waals surface area contributed by atoms with E-state index in [4.69, 9.17) is 0 Å². The molecule has 0 aliphatic carbocycles. The van der Waals surface area contributed by atoms with Crippen molar-refractivity contribution in [3.63, 3.8) is 0 Å². The minimum Gasteiger partial charge on any atom is -0.360 e. The van der Waals surface area contributed by atoms with Crippen LogP contribution >= 0.6 is 23.1 Å². The monoisotopic (exact) mass is 255 g/mol. The number of thioether (sulfide) groups is 1. The lowest BCUT2D eigenvalue weighted by Crippen LogP contribution is -2.46. The average molecular weight is 255 g/mol. The minimum absolute atomic E-state index is 0.183. The zero-order chi connectivity index (χ0) is 11.6. The van der Waals surface area contributed by atoms with Gasteiger partial charge < -0.3 is 5.32 Å². The molecule has 1 aromatic rings. The number of rotatable bonds is 2. The van der Waals surface area contributed by atoms with Gasteiger partial charge >= 0.3 is 0 Å². The van der Waals surface area contributed by atoms with Gasteiger partial charge in [0.15, 0.2) is 5.17 Å². The second-order valence-corrected chi connectivity index (χ2v) is 6.64. The molecule has 1 aliphatic rings. The second-order valence-electron chi connectivity index (χ2n) is 4.61. The van der Waals surface area contributed by atoms with E-state index in [1.54, 1.807) is 11.3 Å². The highest BCUT2D eigenvalue weighted by atomic mass is 32.2. The number of aliphatic imine (C=N–C) groups is 1. The molecule has 1 fully saturated rings. The Kier molecular flexibility index (Phi) is 3.54. The van der Waals surface area contributed by atoms with Crippen molar-refractivity contribution in [2.75, 3.05) is 5.75 Å². The van der Waals surface area contributed by atoms with Gasteiger partial charge in [-0.2, -0.15) is 0 Å². The van der Waals surface area contributed by atoms with Crippen LogP contribution in [0.15, 0.2) is 10.4 Å². The number of hydrogen-bond donors (Lipinski definition) is 1. The summed E-state index contributed by atoms with van der Waals surface area (Å²) in [6, 6.07) is 0. The first-order valence-corrected chi connectivity index (χ1v) is 7.28. The summed E-state index contributed by atoms with van der Waals surface area (Å²) in [6.45, 7) is 7.15. The lowest BCUT2D eigenvalue weighted by molar-refractivity contribution is 0.446. The Balaban J connectivity index is 1.97. The molecule has 2 rings (SSSR count). The van der Waals surface area contributed by atoms with Crippen LogP contribution in [0.2, 0.25) is 0 Å². The topological polar surface area (TPSA) is 37.3 Å². The Hall–Kier alpha value is -0.550. The lowest BCUT2D eigenvalue weighted by atomic mass is 10.0. The van der Waals surface area contributed by atoms with E-state index in [-0.39, 0.29) is 5.54 Å². The van der Waals surface area contributed by atoms with E-state index in [1.165, 1.54) is 6.42 Å². The van der Waals surface area contributed by atoms with E-state index in [0.29, 0.717) is 6.54 Å². The van der Waals surface area contributed by atoms with E-state index in [1.807, 2.05) is 18.7 Å². The fourth-order valence-electron chi connectivity index (χ4n) is 1.49. The Labute approximate surface area is 105 Å². The quantitative estimate of drug-likeness (QED) is 0.883. The lowest BCUT2D eigenvalue weighted by Gasteiger charge is -2.32. The van der Waals surface area contributed by atoms with Crippen LogP contribution in [0.3, 0.4) is 0 Å². The van der Waals surface area contributed by atoms with Gasteiger partial charge in [-0.1, -0.05) is 11.8 Å². The van der Waals surface area contributed by atoms with Crippen LogP contribution in [-0.4, -0.2) is 21.4 Å². The molecule has 1 N–H and O–H groups in total. The summed E-state index contributed by atoms with van der Waals surface area (Å²) in [5.41, 5.74) is 1.27. The molecule has 3 nitrogen and oxygen atoms in total. The zero-order valence-electron chi connectivity index (χ0n) is 9.91. The van der Waals surface area contributed by atoms with Crippen molar-refractivity contribution in [1.29, 1.82) is 0 Å². The largest absolute Gasteiger partial charge is 0.360 e.